The fraction of sp³-hybridized carbons (Fsp3) is 0.133. The van der Waals surface area contributed by atoms with E-state index in [4.69, 9.17) is 4.74 Å². The fourth-order valence-electron chi connectivity index (χ4n) is 2.05. The minimum atomic E-state index is -0.440. The predicted molar refractivity (Wildman–Crippen MR) is 82.1 cm³/mol. The molecule has 0 atom stereocenters. The standard InChI is InChI=1S/C15H12BrN3O2/c1-2-21-14(20)12-9-19-13(7-8-17-15(19)18-12)10-3-5-11(16)6-4-10/h3-9H,2H2,1H3. The van der Waals surface area contributed by atoms with Crippen molar-refractivity contribution >= 4 is 27.7 Å². The highest BCUT2D eigenvalue weighted by Crippen LogP contribution is 2.22. The summed E-state index contributed by atoms with van der Waals surface area (Å²) < 4.78 is 7.77. The van der Waals surface area contributed by atoms with Gasteiger partial charge in [0.15, 0.2) is 5.69 Å². The van der Waals surface area contributed by atoms with E-state index in [1.54, 1.807) is 23.7 Å². The zero-order valence-corrected chi connectivity index (χ0v) is 12.9. The third kappa shape index (κ3) is 2.67. The average molecular weight is 346 g/mol. The maximum Gasteiger partial charge on any atom is 0.358 e. The summed E-state index contributed by atoms with van der Waals surface area (Å²) in [5.74, 6) is 0.0308. The molecule has 0 N–H and O–H groups in total. The Morgan fingerprint density at radius 3 is 2.76 bits per heavy atom. The lowest BCUT2D eigenvalue weighted by molar-refractivity contribution is 0.0520. The lowest BCUT2D eigenvalue weighted by Crippen LogP contribution is -2.04. The number of esters is 1. The number of aromatic nitrogens is 3. The highest BCUT2D eigenvalue weighted by Gasteiger charge is 2.14. The molecule has 0 aliphatic rings. The molecule has 5 nitrogen and oxygen atoms in total. The summed E-state index contributed by atoms with van der Waals surface area (Å²) in [5, 5.41) is 0. The molecule has 0 aliphatic heterocycles. The second-order valence-electron chi connectivity index (χ2n) is 4.35. The molecule has 3 rings (SSSR count). The quantitative estimate of drug-likeness (QED) is 0.683. The van der Waals surface area contributed by atoms with Gasteiger partial charge >= 0.3 is 5.97 Å². The van der Waals surface area contributed by atoms with Gasteiger partial charge in [0.2, 0.25) is 5.78 Å². The maximum atomic E-state index is 11.8. The van der Waals surface area contributed by atoms with Gasteiger partial charge in [-0.15, -0.1) is 0 Å². The third-order valence-corrected chi connectivity index (χ3v) is 3.52. The Bertz CT molecular complexity index is 796. The van der Waals surface area contributed by atoms with E-state index in [1.807, 2.05) is 30.3 Å². The van der Waals surface area contributed by atoms with Crippen LogP contribution in [0, 0.1) is 0 Å². The normalized spacial score (nSPS) is 10.8. The van der Waals surface area contributed by atoms with Crippen LogP contribution >= 0.6 is 15.9 Å². The molecule has 0 radical (unpaired) electrons. The number of carbonyl (C=O) groups is 1. The van der Waals surface area contributed by atoms with Gasteiger partial charge in [-0.1, -0.05) is 28.1 Å². The first-order chi connectivity index (χ1) is 10.2. The molecule has 0 unspecified atom stereocenters. The van der Waals surface area contributed by atoms with Crippen LogP contribution in [0.5, 0.6) is 0 Å². The second kappa shape index (κ2) is 5.65. The number of rotatable bonds is 3. The SMILES string of the molecule is CCOC(=O)c1cn2c(-c3ccc(Br)cc3)ccnc2n1. The minimum absolute atomic E-state index is 0.258. The second-order valence-corrected chi connectivity index (χ2v) is 5.27. The molecule has 0 fully saturated rings. The van der Waals surface area contributed by atoms with Crippen LogP contribution in [0.4, 0.5) is 0 Å². The molecule has 2 aromatic heterocycles. The summed E-state index contributed by atoms with van der Waals surface area (Å²) in [6.07, 6.45) is 3.33. The molecule has 0 saturated heterocycles. The smallest absolute Gasteiger partial charge is 0.358 e. The summed E-state index contributed by atoms with van der Waals surface area (Å²) >= 11 is 3.42. The van der Waals surface area contributed by atoms with E-state index in [1.165, 1.54) is 0 Å². The van der Waals surface area contributed by atoms with Gasteiger partial charge < -0.3 is 4.74 Å². The Hall–Kier alpha value is -2.21. The van der Waals surface area contributed by atoms with E-state index in [0.717, 1.165) is 15.7 Å². The van der Waals surface area contributed by atoms with Crippen molar-refractivity contribution in [3.8, 4) is 11.3 Å². The van der Waals surface area contributed by atoms with Gasteiger partial charge in [0.25, 0.3) is 0 Å². The number of imidazole rings is 1. The molecule has 0 bridgehead atoms. The summed E-state index contributed by atoms with van der Waals surface area (Å²) in [6.45, 7) is 2.08. The molecule has 0 saturated carbocycles. The monoisotopic (exact) mass is 345 g/mol. The van der Waals surface area contributed by atoms with E-state index in [0.29, 0.717) is 12.4 Å². The van der Waals surface area contributed by atoms with Gasteiger partial charge in [0.05, 0.1) is 12.3 Å². The molecule has 2 heterocycles. The Morgan fingerprint density at radius 1 is 1.29 bits per heavy atom. The molecular weight excluding hydrogens is 334 g/mol. The van der Waals surface area contributed by atoms with Crippen molar-refractivity contribution in [2.75, 3.05) is 6.61 Å². The van der Waals surface area contributed by atoms with Gasteiger partial charge in [-0.05, 0) is 30.7 Å². The summed E-state index contributed by atoms with van der Waals surface area (Å²) in [6, 6.07) is 9.79. The maximum absolute atomic E-state index is 11.8. The summed E-state index contributed by atoms with van der Waals surface area (Å²) in [7, 11) is 0. The number of ether oxygens (including phenoxy) is 1. The molecule has 0 amide bonds. The summed E-state index contributed by atoms with van der Waals surface area (Å²) in [4.78, 5) is 20.2. The zero-order valence-electron chi connectivity index (χ0n) is 11.3. The Morgan fingerprint density at radius 2 is 2.05 bits per heavy atom. The van der Waals surface area contributed by atoms with Crippen molar-refractivity contribution in [2.24, 2.45) is 0 Å². The molecule has 3 aromatic rings. The number of benzene rings is 1. The Labute approximate surface area is 129 Å². The van der Waals surface area contributed by atoms with E-state index >= 15 is 0 Å². The predicted octanol–water partition coefficient (Wildman–Crippen LogP) is 3.34. The van der Waals surface area contributed by atoms with Crippen LogP contribution in [0.3, 0.4) is 0 Å². The van der Waals surface area contributed by atoms with Crippen LogP contribution in [-0.2, 0) is 4.74 Å². The van der Waals surface area contributed by atoms with Gasteiger partial charge in [-0.3, -0.25) is 4.40 Å². The molecule has 106 valence electrons. The van der Waals surface area contributed by atoms with Crippen LogP contribution in [0.1, 0.15) is 17.4 Å². The lowest BCUT2D eigenvalue weighted by atomic mass is 10.1. The number of carbonyl (C=O) groups excluding carboxylic acids is 1. The van der Waals surface area contributed by atoms with Crippen molar-refractivity contribution < 1.29 is 9.53 Å². The van der Waals surface area contributed by atoms with Crippen molar-refractivity contribution in [3.05, 3.63) is 52.9 Å². The van der Waals surface area contributed by atoms with Gasteiger partial charge in [0.1, 0.15) is 0 Å². The van der Waals surface area contributed by atoms with Crippen molar-refractivity contribution in [1.82, 2.24) is 14.4 Å². The summed E-state index contributed by atoms with van der Waals surface area (Å²) in [5.41, 5.74) is 2.18. The van der Waals surface area contributed by atoms with Gasteiger partial charge in [-0.2, -0.15) is 0 Å². The highest BCUT2D eigenvalue weighted by atomic mass is 79.9. The first-order valence-electron chi connectivity index (χ1n) is 6.46. The van der Waals surface area contributed by atoms with Crippen molar-refractivity contribution in [3.63, 3.8) is 0 Å². The lowest BCUT2D eigenvalue weighted by Gasteiger charge is -2.04. The van der Waals surface area contributed by atoms with Crippen LogP contribution in [0.2, 0.25) is 0 Å². The molecule has 1 aromatic carbocycles. The number of nitrogens with zero attached hydrogens (tertiary/aromatic N) is 3. The van der Waals surface area contributed by atoms with Crippen LogP contribution in [0.15, 0.2) is 47.2 Å². The zero-order chi connectivity index (χ0) is 14.8. The molecule has 6 heteroatoms. The van der Waals surface area contributed by atoms with Crippen molar-refractivity contribution in [2.45, 2.75) is 6.92 Å². The number of fused-ring (bicyclic) bond motifs is 1. The molecule has 0 spiro atoms. The molecular formula is C15H12BrN3O2. The van der Waals surface area contributed by atoms with Gasteiger partial charge in [0, 0.05) is 16.9 Å². The highest BCUT2D eigenvalue weighted by molar-refractivity contribution is 9.10. The number of halogens is 1. The van der Waals surface area contributed by atoms with E-state index < -0.39 is 5.97 Å². The van der Waals surface area contributed by atoms with Crippen LogP contribution in [0.25, 0.3) is 17.0 Å². The van der Waals surface area contributed by atoms with Crippen LogP contribution < -0.4 is 0 Å². The topological polar surface area (TPSA) is 56.5 Å². The average Bonchev–Trinajstić information content (AvgIpc) is 2.92. The first-order valence-corrected chi connectivity index (χ1v) is 7.25. The number of hydrogen-bond donors (Lipinski definition) is 0. The van der Waals surface area contributed by atoms with Gasteiger partial charge in [-0.25, -0.2) is 14.8 Å². The minimum Gasteiger partial charge on any atom is -0.461 e. The molecule has 21 heavy (non-hydrogen) atoms. The first kappa shape index (κ1) is 13.8. The fourth-order valence-corrected chi connectivity index (χ4v) is 2.32. The third-order valence-electron chi connectivity index (χ3n) is 2.99. The van der Waals surface area contributed by atoms with Crippen molar-refractivity contribution in [1.29, 1.82) is 0 Å². The van der Waals surface area contributed by atoms with E-state index in [9.17, 15) is 4.79 Å². The number of hydrogen-bond acceptors (Lipinski definition) is 4. The van der Waals surface area contributed by atoms with E-state index in [-0.39, 0.29) is 5.69 Å². The van der Waals surface area contributed by atoms with Crippen LogP contribution in [-0.4, -0.2) is 26.9 Å². The molecule has 0 aliphatic carbocycles. The Balaban J connectivity index is 2.11. The largest absolute Gasteiger partial charge is 0.461 e. The Kier molecular flexibility index (Phi) is 3.70. The van der Waals surface area contributed by atoms with E-state index in [2.05, 4.69) is 25.9 Å².